The summed E-state index contributed by atoms with van der Waals surface area (Å²) in [5.41, 5.74) is 3.42. The molecule has 0 aliphatic carbocycles. The van der Waals surface area contributed by atoms with Gasteiger partial charge in [0.25, 0.3) is 0 Å². The Morgan fingerprint density at radius 3 is 2.38 bits per heavy atom. The van der Waals surface area contributed by atoms with Crippen molar-refractivity contribution >= 4 is 5.91 Å². The van der Waals surface area contributed by atoms with Crippen molar-refractivity contribution in [3.8, 4) is 0 Å². The fraction of sp³-hybridized carbons (Fsp3) is 0.333. The van der Waals surface area contributed by atoms with E-state index in [1.165, 1.54) is 17.5 Å². The van der Waals surface area contributed by atoms with Gasteiger partial charge >= 0.3 is 0 Å². The Bertz CT molecular complexity index is 902. The first-order valence-corrected chi connectivity index (χ1v) is 10.4. The number of carbonyl (C=O) groups is 1. The minimum Gasteiger partial charge on any atom is -0.341 e. The van der Waals surface area contributed by atoms with Crippen molar-refractivity contribution in [2.45, 2.75) is 38.4 Å². The van der Waals surface area contributed by atoms with Crippen molar-refractivity contribution in [2.24, 2.45) is 0 Å². The van der Waals surface area contributed by atoms with Gasteiger partial charge in [-0.1, -0.05) is 54.6 Å². The molecule has 5 heteroatoms. The van der Waals surface area contributed by atoms with Crippen LogP contribution in [0.25, 0.3) is 0 Å². The summed E-state index contributed by atoms with van der Waals surface area (Å²) in [6.07, 6.45) is 7.17. The molecule has 1 amide bonds. The van der Waals surface area contributed by atoms with Gasteiger partial charge in [-0.3, -0.25) is 14.8 Å². The van der Waals surface area contributed by atoms with Gasteiger partial charge < -0.3 is 4.90 Å². The normalized spacial score (nSPS) is 15.2. The molecule has 2 aromatic carbocycles. The van der Waals surface area contributed by atoms with Gasteiger partial charge in [0.15, 0.2) is 0 Å². The average molecular weight is 389 g/mol. The molecule has 4 rings (SSSR count). The summed E-state index contributed by atoms with van der Waals surface area (Å²) >= 11 is 0. The molecule has 1 aromatic heterocycles. The first-order valence-electron chi connectivity index (χ1n) is 10.4. The summed E-state index contributed by atoms with van der Waals surface area (Å²) in [5, 5.41) is 7.87. The molecule has 1 aliphatic heterocycles. The van der Waals surface area contributed by atoms with Crippen molar-refractivity contribution in [1.82, 2.24) is 20.0 Å². The Labute approximate surface area is 172 Å². The van der Waals surface area contributed by atoms with Crippen molar-refractivity contribution < 1.29 is 4.79 Å². The second kappa shape index (κ2) is 9.52. The van der Waals surface area contributed by atoms with Crippen LogP contribution in [0, 0.1) is 0 Å². The predicted octanol–water partition coefficient (Wildman–Crippen LogP) is 3.77. The van der Waals surface area contributed by atoms with Crippen LogP contribution < -0.4 is 5.32 Å². The van der Waals surface area contributed by atoms with Crippen molar-refractivity contribution in [3.63, 3.8) is 0 Å². The number of rotatable bonds is 7. The lowest BCUT2D eigenvalue weighted by molar-refractivity contribution is -0.134. The molecular formula is C24H28N4O. The topological polar surface area (TPSA) is 50.2 Å². The summed E-state index contributed by atoms with van der Waals surface area (Å²) in [4.78, 5) is 15.3. The largest absolute Gasteiger partial charge is 0.341 e. The highest BCUT2D eigenvalue weighted by atomic mass is 16.2. The zero-order valence-electron chi connectivity index (χ0n) is 16.7. The van der Waals surface area contributed by atoms with Gasteiger partial charge in [0.1, 0.15) is 6.04 Å². The molecule has 0 spiro atoms. The number of hydrogen-bond donors (Lipinski definition) is 1. The van der Waals surface area contributed by atoms with Gasteiger partial charge in [-0.25, -0.2) is 0 Å². The van der Waals surface area contributed by atoms with Gasteiger partial charge in [-0.2, -0.15) is 5.10 Å². The van der Waals surface area contributed by atoms with E-state index in [9.17, 15) is 4.79 Å². The van der Waals surface area contributed by atoms with Crippen LogP contribution in [0.1, 0.15) is 42.0 Å². The number of carbonyl (C=O) groups excluding carboxylic acids is 1. The second-order valence-electron chi connectivity index (χ2n) is 7.58. The predicted molar refractivity (Wildman–Crippen MR) is 114 cm³/mol. The third-order valence-electron chi connectivity index (χ3n) is 5.55. The zero-order chi connectivity index (χ0) is 19.9. The molecule has 29 heavy (non-hydrogen) atoms. The number of hydrogen-bond acceptors (Lipinski definition) is 3. The van der Waals surface area contributed by atoms with Crippen LogP contribution in [0.4, 0.5) is 0 Å². The molecule has 3 aromatic rings. The van der Waals surface area contributed by atoms with E-state index in [4.69, 9.17) is 0 Å². The highest BCUT2D eigenvalue weighted by molar-refractivity contribution is 5.83. The first-order chi connectivity index (χ1) is 14.3. The Balaban J connectivity index is 1.52. The van der Waals surface area contributed by atoms with E-state index < -0.39 is 0 Å². The molecule has 1 aliphatic rings. The van der Waals surface area contributed by atoms with E-state index in [1.54, 1.807) is 6.20 Å². The van der Waals surface area contributed by atoms with Gasteiger partial charge in [0, 0.05) is 32.0 Å². The second-order valence-corrected chi connectivity index (χ2v) is 7.58. The summed E-state index contributed by atoms with van der Waals surface area (Å²) in [6.45, 7) is 3.08. The molecule has 0 saturated carbocycles. The lowest BCUT2D eigenvalue weighted by Gasteiger charge is -2.31. The van der Waals surface area contributed by atoms with Gasteiger partial charge in [0.2, 0.25) is 5.91 Å². The molecule has 1 atom stereocenters. The molecule has 5 nitrogen and oxygen atoms in total. The highest BCUT2D eigenvalue weighted by Crippen LogP contribution is 2.20. The fourth-order valence-electron chi connectivity index (χ4n) is 3.95. The summed E-state index contributed by atoms with van der Waals surface area (Å²) in [5.74, 6) is 0.181. The Hall–Kier alpha value is -2.92. The minimum absolute atomic E-state index is 0.181. The third-order valence-corrected chi connectivity index (χ3v) is 5.55. The Morgan fingerprint density at radius 1 is 0.931 bits per heavy atom. The molecule has 0 radical (unpaired) electrons. The van der Waals surface area contributed by atoms with Crippen molar-refractivity contribution in [2.75, 3.05) is 13.1 Å². The van der Waals surface area contributed by atoms with Crippen LogP contribution in [0.15, 0.2) is 73.1 Å². The molecule has 1 unspecified atom stereocenters. The Kier molecular flexibility index (Phi) is 6.37. The fourth-order valence-corrected chi connectivity index (χ4v) is 3.95. The lowest BCUT2D eigenvalue weighted by Crippen LogP contribution is -2.43. The number of amides is 1. The maximum atomic E-state index is 13.3. The number of likely N-dealkylation sites (tertiary alicyclic amines) is 1. The monoisotopic (exact) mass is 388 g/mol. The van der Waals surface area contributed by atoms with E-state index in [2.05, 4.69) is 28.6 Å². The molecule has 2 heterocycles. The molecule has 1 saturated heterocycles. The highest BCUT2D eigenvalue weighted by Gasteiger charge is 2.26. The molecule has 0 bridgehead atoms. The maximum absolute atomic E-state index is 13.3. The number of nitrogens with zero attached hydrogens (tertiary/aromatic N) is 3. The molecule has 1 N–H and O–H groups in total. The molecule has 1 fully saturated rings. The van der Waals surface area contributed by atoms with Gasteiger partial charge in [-0.15, -0.1) is 0 Å². The van der Waals surface area contributed by atoms with Crippen LogP contribution >= 0.6 is 0 Å². The summed E-state index contributed by atoms with van der Waals surface area (Å²) < 4.78 is 1.92. The maximum Gasteiger partial charge on any atom is 0.244 e. The summed E-state index contributed by atoms with van der Waals surface area (Å²) in [6, 6.07) is 20.0. The molecule has 150 valence electrons. The van der Waals surface area contributed by atoms with Crippen molar-refractivity contribution in [3.05, 3.63) is 89.7 Å². The number of aromatic nitrogens is 2. The van der Waals surface area contributed by atoms with Crippen LogP contribution in [-0.2, 0) is 17.9 Å². The smallest absolute Gasteiger partial charge is 0.244 e. The standard InChI is InChI=1S/C24H28N4O/c29-24(27-15-7-2-8-16-27)23(20-10-3-1-4-11-20)25-18-21-12-5-6-13-22(21)19-28-17-9-14-26-28/h1,3-6,9-14,17,23,25H,2,7-8,15-16,18-19H2. The average Bonchev–Trinajstić information content (AvgIpc) is 3.29. The number of piperidine rings is 1. The first kappa shape index (κ1) is 19.4. The van der Waals surface area contributed by atoms with Gasteiger partial charge in [-0.05, 0) is 42.0 Å². The van der Waals surface area contributed by atoms with Crippen LogP contribution in [0.5, 0.6) is 0 Å². The van der Waals surface area contributed by atoms with Crippen LogP contribution in [0.2, 0.25) is 0 Å². The SMILES string of the molecule is O=C(C(NCc1ccccc1Cn1cccn1)c1ccccc1)N1CCCCC1. The number of benzene rings is 2. The lowest BCUT2D eigenvalue weighted by atomic mass is 10.0. The zero-order valence-corrected chi connectivity index (χ0v) is 16.7. The van der Waals surface area contributed by atoms with E-state index in [1.807, 2.05) is 58.2 Å². The van der Waals surface area contributed by atoms with Crippen LogP contribution in [0.3, 0.4) is 0 Å². The molecular weight excluding hydrogens is 360 g/mol. The van der Waals surface area contributed by atoms with E-state index >= 15 is 0 Å². The summed E-state index contributed by atoms with van der Waals surface area (Å²) in [7, 11) is 0. The van der Waals surface area contributed by atoms with Gasteiger partial charge in [0.05, 0.1) is 6.54 Å². The van der Waals surface area contributed by atoms with E-state index in [-0.39, 0.29) is 11.9 Å². The van der Waals surface area contributed by atoms with E-state index in [0.717, 1.165) is 38.0 Å². The quantitative estimate of drug-likeness (QED) is 0.670. The minimum atomic E-state index is -0.327. The van der Waals surface area contributed by atoms with Crippen molar-refractivity contribution in [1.29, 1.82) is 0 Å². The number of nitrogens with one attached hydrogen (secondary N) is 1. The third kappa shape index (κ3) is 4.93. The van der Waals surface area contributed by atoms with Crippen LogP contribution in [-0.4, -0.2) is 33.7 Å². The van der Waals surface area contributed by atoms with E-state index in [0.29, 0.717) is 6.54 Å². The Morgan fingerprint density at radius 2 is 1.66 bits per heavy atom.